The molecule has 1 fully saturated rings. The van der Waals surface area contributed by atoms with Crippen LogP contribution in [0.1, 0.15) is 12.8 Å². The van der Waals surface area contributed by atoms with Gasteiger partial charge in [0, 0.05) is 37.9 Å². The molecule has 1 heterocycles. The molecule has 0 spiro atoms. The summed E-state index contributed by atoms with van der Waals surface area (Å²) in [6.45, 7) is 2.70. The summed E-state index contributed by atoms with van der Waals surface area (Å²) < 4.78 is 5.27. The highest BCUT2D eigenvalue weighted by molar-refractivity contribution is 5.85. The van der Waals surface area contributed by atoms with Crippen molar-refractivity contribution in [3.8, 4) is 5.75 Å². The number of carbonyl (C=O) groups is 2. The van der Waals surface area contributed by atoms with Gasteiger partial charge in [0.25, 0.3) is 0 Å². The molecule has 0 bridgehead atoms. The van der Waals surface area contributed by atoms with Crippen LogP contribution in [0.2, 0.25) is 0 Å². The fraction of sp³-hybridized carbons (Fsp3) is 0.474. The molecule has 0 radical (unpaired) electrons. The van der Waals surface area contributed by atoms with Crippen LogP contribution < -0.4 is 9.64 Å². The first kappa shape index (κ1) is 17.3. The van der Waals surface area contributed by atoms with Gasteiger partial charge in [0.15, 0.2) is 0 Å². The standard InChI is InChI=1S/C19H24N2O4/c1-25-15-6-4-5-14(13-15)20-9-11-21(12-10-20)18(22)16-7-2-3-8-17(16)19(23)24/h2-6,13,16-17H,7-12H2,1H3,(H,23,24). The van der Waals surface area contributed by atoms with Crippen molar-refractivity contribution in [1.82, 2.24) is 4.90 Å². The Balaban J connectivity index is 1.62. The molecule has 1 aliphatic carbocycles. The van der Waals surface area contributed by atoms with Gasteiger partial charge in [0.1, 0.15) is 5.75 Å². The molecule has 2 atom stereocenters. The molecule has 1 saturated heterocycles. The molecule has 2 aliphatic rings. The number of carboxylic acids is 1. The second-order valence-corrected chi connectivity index (χ2v) is 6.51. The minimum Gasteiger partial charge on any atom is -0.497 e. The molecule has 25 heavy (non-hydrogen) atoms. The zero-order valence-electron chi connectivity index (χ0n) is 14.4. The van der Waals surface area contributed by atoms with Crippen LogP contribution in [0.15, 0.2) is 36.4 Å². The summed E-state index contributed by atoms with van der Waals surface area (Å²) >= 11 is 0. The summed E-state index contributed by atoms with van der Waals surface area (Å²) in [6, 6.07) is 7.89. The van der Waals surface area contributed by atoms with Crippen molar-refractivity contribution in [1.29, 1.82) is 0 Å². The molecule has 1 N–H and O–H groups in total. The minimum atomic E-state index is -0.877. The predicted octanol–water partition coefficient (Wildman–Crippen LogP) is 2.01. The normalized spacial score (nSPS) is 23.4. The number of methoxy groups -OCH3 is 1. The van der Waals surface area contributed by atoms with Gasteiger partial charge in [0.2, 0.25) is 5.91 Å². The first-order valence-corrected chi connectivity index (χ1v) is 8.65. The Morgan fingerprint density at radius 2 is 1.76 bits per heavy atom. The molecule has 1 aliphatic heterocycles. The van der Waals surface area contributed by atoms with Crippen LogP contribution in [0.3, 0.4) is 0 Å². The monoisotopic (exact) mass is 344 g/mol. The molecule has 2 unspecified atom stereocenters. The maximum absolute atomic E-state index is 12.8. The van der Waals surface area contributed by atoms with Crippen molar-refractivity contribution in [3.63, 3.8) is 0 Å². The predicted molar refractivity (Wildman–Crippen MR) is 94.8 cm³/mol. The van der Waals surface area contributed by atoms with Gasteiger partial charge in [-0.2, -0.15) is 0 Å². The number of rotatable bonds is 4. The quantitative estimate of drug-likeness (QED) is 0.846. The van der Waals surface area contributed by atoms with Gasteiger partial charge in [-0.1, -0.05) is 18.2 Å². The van der Waals surface area contributed by atoms with Crippen LogP contribution in [0, 0.1) is 11.8 Å². The smallest absolute Gasteiger partial charge is 0.307 e. The van der Waals surface area contributed by atoms with Crippen LogP contribution in [-0.4, -0.2) is 55.2 Å². The van der Waals surface area contributed by atoms with E-state index >= 15 is 0 Å². The Bertz CT molecular complexity index is 665. The highest BCUT2D eigenvalue weighted by Gasteiger charge is 2.37. The molecule has 0 aromatic heterocycles. The number of nitrogens with zero attached hydrogens (tertiary/aromatic N) is 2. The maximum atomic E-state index is 12.8. The van der Waals surface area contributed by atoms with Gasteiger partial charge in [-0.3, -0.25) is 9.59 Å². The van der Waals surface area contributed by atoms with Crippen molar-refractivity contribution in [2.75, 3.05) is 38.2 Å². The number of allylic oxidation sites excluding steroid dienone is 2. The van der Waals surface area contributed by atoms with E-state index in [2.05, 4.69) is 4.90 Å². The van der Waals surface area contributed by atoms with E-state index in [1.165, 1.54) is 0 Å². The first-order chi connectivity index (χ1) is 12.1. The number of carbonyl (C=O) groups excluding carboxylic acids is 1. The molecule has 6 nitrogen and oxygen atoms in total. The number of piperazine rings is 1. The lowest BCUT2D eigenvalue weighted by atomic mass is 9.82. The molecule has 134 valence electrons. The molecular formula is C19H24N2O4. The molecule has 3 rings (SSSR count). The third kappa shape index (κ3) is 3.78. The maximum Gasteiger partial charge on any atom is 0.307 e. The number of amides is 1. The number of hydrogen-bond acceptors (Lipinski definition) is 4. The fourth-order valence-electron chi connectivity index (χ4n) is 3.59. The number of carboxylic acid groups (broad SMARTS) is 1. The number of anilines is 1. The summed E-state index contributed by atoms with van der Waals surface area (Å²) in [5.74, 6) is -1.13. The Kier molecular flexibility index (Phi) is 5.26. The molecule has 1 amide bonds. The van der Waals surface area contributed by atoms with Crippen molar-refractivity contribution in [3.05, 3.63) is 36.4 Å². The first-order valence-electron chi connectivity index (χ1n) is 8.65. The Morgan fingerprint density at radius 3 is 2.40 bits per heavy atom. The summed E-state index contributed by atoms with van der Waals surface area (Å²) in [7, 11) is 1.65. The van der Waals surface area contributed by atoms with Gasteiger partial charge in [0.05, 0.1) is 18.9 Å². The van der Waals surface area contributed by atoms with Crippen molar-refractivity contribution < 1.29 is 19.4 Å². The zero-order chi connectivity index (χ0) is 17.8. The molecule has 0 saturated carbocycles. The molecule has 6 heteroatoms. The van der Waals surface area contributed by atoms with Gasteiger partial charge in [-0.25, -0.2) is 0 Å². The number of hydrogen-bond donors (Lipinski definition) is 1. The highest BCUT2D eigenvalue weighted by Crippen LogP contribution is 2.29. The van der Waals surface area contributed by atoms with E-state index < -0.39 is 17.8 Å². The zero-order valence-corrected chi connectivity index (χ0v) is 14.4. The Morgan fingerprint density at radius 1 is 1.08 bits per heavy atom. The second kappa shape index (κ2) is 7.59. The van der Waals surface area contributed by atoms with E-state index in [1.807, 2.05) is 41.3 Å². The van der Waals surface area contributed by atoms with E-state index in [0.29, 0.717) is 25.9 Å². The lowest BCUT2D eigenvalue weighted by Crippen LogP contribution is -2.52. The average molecular weight is 344 g/mol. The SMILES string of the molecule is COc1cccc(N2CCN(C(=O)C3CC=CCC3C(=O)O)CC2)c1. The fourth-order valence-corrected chi connectivity index (χ4v) is 3.59. The van der Waals surface area contributed by atoms with E-state index in [1.54, 1.807) is 7.11 Å². The lowest BCUT2D eigenvalue weighted by Gasteiger charge is -2.38. The lowest BCUT2D eigenvalue weighted by molar-refractivity contribution is -0.150. The van der Waals surface area contributed by atoms with Crippen LogP contribution in [0.4, 0.5) is 5.69 Å². The average Bonchev–Trinajstić information content (AvgIpc) is 2.67. The third-order valence-electron chi connectivity index (χ3n) is 5.08. The highest BCUT2D eigenvalue weighted by atomic mass is 16.5. The van der Waals surface area contributed by atoms with Gasteiger partial charge < -0.3 is 19.6 Å². The van der Waals surface area contributed by atoms with E-state index in [0.717, 1.165) is 24.5 Å². The molecular weight excluding hydrogens is 320 g/mol. The van der Waals surface area contributed by atoms with Crippen LogP contribution in [0.25, 0.3) is 0 Å². The Labute approximate surface area is 147 Å². The van der Waals surface area contributed by atoms with Crippen molar-refractivity contribution in [2.24, 2.45) is 11.8 Å². The van der Waals surface area contributed by atoms with E-state index in [9.17, 15) is 14.7 Å². The summed E-state index contributed by atoms with van der Waals surface area (Å²) in [5, 5.41) is 9.37. The molecule has 1 aromatic carbocycles. The second-order valence-electron chi connectivity index (χ2n) is 6.51. The topological polar surface area (TPSA) is 70.1 Å². The van der Waals surface area contributed by atoms with Crippen LogP contribution >= 0.6 is 0 Å². The summed E-state index contributed by atoms with van der Waals surface area (Å²) in [5.41, 5.74) is 1.08. The third-order valence-corrected chi connectivity index (χ3v) is 5.08. The largest absolute Gasteiger partial charge is 0.497 e. The minimum absolute atomic E-state index is 0.0259. The number of ether oxygens (including phenoxy) is 1. The summed E-state index contributed by atoms with van der Waals surface area (Å²) in [4.78, 5) is 28.3. The van der Waals surface area contributed by atoms with Crippen LogP contribution in [-0.2, 0) is 9.59 Å². The van der Waals surface area contributed by atoms with Crippen molar-refractivity contribution >= 4 is 17.6 Å². The summed E-state index contributed by atoms with van der Waals surface area (Å²) in [6.07, 6.45) is 4.75. The van der Waals surface area contributed by atoms with Gasteiger partial charge in [-0.05, 0) is 25.0 Å². The number of benzene rings is 1. The van der Waals surface area contributed by atoms with Gasteiger partial charge in [-0.15, -0.1) is 0 Å². The van der Waals surface area contributed by atoms with E-state index in [-0.39, 0.29) is 5.91 Å². The number of aliphatic carboxylic acids is 1. The van der Waals surface area contributed by atoms with E-state index in [4.69, 9.17) is 4.74 Å². The van der Waals surface area contributed by atoms with Crippen molar-refractivity contribution in [2.45, 2.75) is 12.8 Å². The van der Waals surface area contributed by atoms with Gasteiger partial charge >= 0.3 is 5.97 Å². The van der Waals surface area contributed by atoms with Crippen LogP contribution in [0.5, 0.6) is 5.75 Å². The Hall–Kier alpha value is -2.50. The molecule has 1 aromatic rings.